The standard InChI is InChI=1S/C13H22O3/c1-3-13(14)16-10-12-7-5-11(6-8-12)9-15-4-2/h4,11-12H,2-3,5-10H2,1H3. The molecule has 0 saturated heterocycles. The van der Waals surface area contributed by atoms with Crippen molar-refractivity contribution < 1.29 is 14.3 Å². The predicted octanol–water partition coefficient (Wildman–Crippen LogP) is 2.91. The predicted molar refractivity (Wildman–Crippen MR) is 62.8 cm³/mol. The molecule has 0 unspecified atom stereocenters. The van der Waals surface area contributed by atoms with Crippen molar-refractivity contribution in [2.45, 2.75) is 39.0 Å². The molecule has 1 aliphatic carbocycles. The summed E-state index contributed by atoms with van der Waals surface area (Å²) < 4.78 is 10.4. The molecule has 0 aliphatic heterocycles. The minimum absolute atomic E-state index is 0.0860. The van der Waals surface area contributed by atoms with Crippen LogP contribution in [0.5, 0.6) is 0 Å². The zero-order valence-corrected chi connectivity index (χ0v) is 10.1. The van der Waals surface area contributed by atoms with Crippen LogP contribution in [0.3, 0.4) is 0 Å². The van der Waals surface area contributed by atoms with Crippen LogP contribution in [0.2, 0.25) is 0 Å². The van der Waals surface area contributed by atoms with Gasteiger partial charge in [0.1, 0.15) is 0 Å². The van der Waals surface area contributed by atoms with Gasteiger partial charge in [-0.2, -0.15) is 0 Å². The molecule has 0 N–H and O–H groups in total. The second-order valence-corrected chi connectivity index (χ2v) is 4.42. The van der Waals surface area contributed by atoms with Crippen molar-refractivity contribution in [1.82, 2.24) is 0 Å². The van der Waals surface area contributed by atoms with E-state index in [1.54, 1.807) is 0 Å². The van der Waals surface area contributed by atoms with Gasteiger partial charge in [0.2, 0.25) is 0 Å². The van der Waals surface area contributed by atoms with Gasteiger partial charge in [-0.25, -0.2) is 0 Å². The van der Waals surface area contributed by atoms with Gasteiger partial charge in [0, 0.05) is 6.42 Å². The molecule has 1 rings (SSSR count). The molecule has 16 heavy (non-hydrogen) atoms. The Labute approximate surface area is 97.8 Å². The van der Waals surface area contributed by atoms with Gasteiger partial charge in [0.25, 0.3) is 0 Å². The molecule has 1 fully saturated rings. The van der Waals surface area contributed by atoms with Gasteiger partial charge in [0.05, 0.1) is 19.5 Å². The summed E-state index contributed by atoms with van der Waals surface area (Å²) in [5.41, 5.74) is 0. The fourth-order valence-corrected chi connectivity index (χ4v) is 2.08. The second-order valence-electron chi connectivity index (χ2n) is 4.42. The van der Waals surface area contributed by atoms with Crippen molar-refractivity contribution >= 4 is 5.97 Å². The van der Waals surface area contributed by atoms with Crippen LogP contribution in [0.25, 0.3) is 0 Å². The maximum Gasteiger partial charge on any atom is 0.305 e. The molecule has 0 aromatic heterocycles. The Bertz CT molecular complexity index is 217. The largest absolute Gasteiger partial charge is 0.502 e. The van der Waals surface area contributed by atoms with E-state index in [1.165, 1.54) is 19.1 Å². The van der Waals surface area contributed by atoms with E-state index in [2.05, 4.69) is 6.58 Å². The number of ether oxygens (including phenoxy) is 2. The van der Waals surface area contributed by atoms with Crippen molar-refractivity contribution in [3.8, 4) is 0 Å². The van der Waals surface area contributed by atoms with Crippen molar-refractivity contribution in [2.24, 2.45) is 11.8 Å². The third-order valence-corrected chi connectivity index (χ3v) is 3.18. The fourth-order valence-electron chi connectivity index (χ4n) is 2.08. The first kappa shape index (κ1) is 13.1. The number of hydrogen-bond acceptors (Lipinski definition) is 3. The number of carbonyl (C=O) groups excluding carboxylic acids is 1. The normalized spacial score (nSPS) is 24.8. The van der Waals surface area contributed by atoms with Gasteiger partial charge in [-0.15, -0.1) is 0 Å². The molecular weight excluding hydrogens is 204 g/mol. The molecule has 0 radical (unpaired) electrons. The maximum atomic E-state index is 11.0. The first-order valence-corrected chi connectivity index (χ1v) is 6.14. The average molecular weight is 226 g/mol. The minimum atomic E-state index is -0.0860. The van der Waals surface area contributed by atoms with Crippen LogP contribution in [-0.4, -0.2) is 19.2 Å². The van der Waals surface area contributed by atoms with E-state index >= 15 is 0 Å². The maximum absolute atomic E-state index is 11.0. The van der Waals surface area contributed by atoms with Gasteiger partial charge in [-0.1, -0.05) is 13.5 Å². The highest BCUT2D eigenvalue weighted by molar-refractivity contribution is 5.68. The van der Waals surface area contributed by atoms with Gasteiger partial charge < -0.3 is 9.47 Å². The summed E-state index contributed by atoms with van der Waals surface area (Å²) in [6.45, 7) is 6.75. The molecule has 0 aromatic carbocycles. The quantitative estimate of drug-likeness (QED) is 0.516. The molecule has 92 valence electrons. The fraction of sp³-hybridized carbons (Fsp3) is 0.769. The highest BCUT2D eigenvalue weighted by atomic mass is 16.5. The van der Waals surface area contributed by atoms with Crippen molar-refractivity contribution in [1.29, 1.82) is 0 Å². The zero-order valence-electron chi connectivity index (χ0n) is 10.1. The Morgan fingerprint density at radius 3 is 2.31 bits per heavy atom. The van der Waals surface area contributed by atoms with E-state index in [0.29, 0.717) is 24.9 Å². The highest BCUT2D eigenvalue weighted by Crippen LogP contribution is 2.29. The molecule has 0 atom stereocenters. The molecule has 0 aromatic rings. The second kappa shape index (κ2) is 7.31. The van der Waals surface area contributed by atoms with Crippen LogP contribution in [0.15, 0.2) is 12.8 Å². The molecule has 0 heterocycles. The third-order valence-electron chi connectivity index (χ3n) is 3.18. The van der Waals surface area contributed by atoms with Crippen LogP contribution in [-0.2, 0) is 14.3 Å². The minimum Gasteiger partial charge on any atom is -0.502 e. The summed E-state index contributed by atoms with van der Waals surface area (Å²) >= 11 is 0. The van der Waals surface area contributed by atoms with Crippen LogP contribution in [0.1, 0.15) is 39.0 Å². The molecule has 1 saturated carbocycles. The molecule has 0 spiro atoms. The third kappa shape index (κ3) is 4.69. The first-order valence-electron chi connectivity index (χ1n) is 6.14. The molecule has 0 amide bonds. The molecular formula is C13H22O3. The Hall–Kier alpha value is -0.990. The van der Waals surface area contributed by atoms with E-state index in [9.17, 15) is 4.79 Å². The van der Waals surface area contributed by atoms with Gasteiger partial charge in [0.15, 0.2) is 0 Å². The van der Waals surface area contributed by atoms with Crippen LogP contribution in [0.4, 0.5) is 0 Å². The summed E-state index contributed by atoms with van der Waals surface area (Å²) in [6.07, 6.45) is 6.60. The van der Waals surface area contributed by atoms with Crippen molar-refractivity contribution in [2.75, 3.05) is 13.2 Å². The van der Waals surface area contributed by atoms with Crippen LogP contribution < -0.4 is 0 Å². The molecule has 3 heteroatoms. The Balaban J connectivity index is 2.11. The van der Waals surface area contributed by atoms with E-state index in [4.69, 9.17) is 9.47 Å². The van der Waals surface area contributed by atoms with E-state index in [0.717, 1.165) is 19.4 Å². The van der Waals surface area contributed by atoms with Crippen molar-refractivity contribution in [3.05, 3.63) is 12.8 Å². The summed E-state index contributed by atoms with van der Waals surface area (Å²) in [5, 5.41) is 0. The lowest BCUT2D eigenvalue weighted by Gasteiger charge is -2.27. The van der Waals surface area contributed by atoms with Crippen LogP contribution in [0, 0.1) is 11.8 Å². The lowest BCUT2D eigenvalue weighted by Crippen LogP contribution is -2.22. The van der Waals surface area contributed by atoms with Gasteiger partial charge >= 0.3 is 5.97 Å². The topological polar surface area (TPSA) is 35.5 Å². The smallest absolute Gasteiger partial charge is 0.305 e. The monoisotopic (exact) mass is 226 g/mol. The Kier molecular flexibility index (Phi) is 5.98. The summed E-state index contributed by atoms with van der Waals surface area (Å²) in [7, 11) is 0. The summed E-state index contributed by atoms with van der Waals surface area (Å²) in [6, 6.07) is 0. The first-order chi connectivity index (χ1) is 7.76. The number of hydrogen-bond donors (Lipinski definition) is 0. The SMILES string of the molecule is C=COCC1CCC(COC(=O)CC)CC1. The average Bonchev–Trinajstić information content (AvgIpc) is 2.34. The van der Waals surface area contributed by atoms with E-state index < -0.39 is 0 Å². The Morgan fingerprint density at radius 1 is 1.25 bits per heavy atom. The Morgan fingerprint density at radius 2 is 1.81 bits per heavy atom. The summed E-state index contributed by atoms with van der Waals surface area (Å²) in [5.74, 6) is 1.11. The van der Waals surface area contributed by atoms with E-state index in [1.807, 2.05) is 6.92 Å². The van der Waals surface area contributed by atoms with Crippen LogP contribution >= 0.6 is 0 Å². The molecule has 3 nitrogen and oxygen atoms in total. The summed E-state index contributed by atoms with van der Waals surface area (Å²) in [4.78, 5) is 11.0. The number of rotatable bonds is 6. The lowest BCUT2D eigenvalue weighted by atomic mass is 9.83. The lowest BCUT2D eigenvalue weighted by molar-refractivity contribution is -0.145. The van der Waals surface area contributed by atoms with E-state index in [-0.39, 0.29) is 5.97 Å². The van der Waals surface area contributed by atoms with Gasteiger partial charge in [-0.05, 0) is 37.5 Å². The number of carbonyl (C=O) groups is 1. The number of esters is 1. The van der Waals surface area contributed by atoms with Gasteiger partial charge in [-0.3, -0.25) is 4.79 Å². The zero-order chi connectivity index (χ0) is 11.8. The molecule has 1 aliphatic rings. The molecule has 0 bridgehead atoms. The van der Waals surface area contributed by atoms with Crippen molar-refractivity contribution in [3.63, 3.8) is 0 Å². The highest BCUT2D eigenvalue weighted by Gasteiger charge is 2.22.